The lowest BCUT2D eigenvalue weighted by Gasteiger charge is -2.41. The molecular weight excluding hydrogens is 493 g/mol. The van der Waals surface area contributed by atoms with Crippen LogP contribution < -0.4 is 5.32 Å². The molecule has 0 radical (unpaired) electrons. The Balaban J connectivity index is 1.54. The molecular formula is C25H23Cl2F4NO2. The van der Waals surface area contributed by atoms with Gasteiger partial charge in [-0.25, -0.2) is 4.39 Å². The highest BCUT2D eigenvalue weighted by atomic mass is 35.5. The fourth-order valence-corrected chi connectivity index (χ4v) is 5.49. The van der Waals surface area contributed by atoms with Crippen LogP contribution in [0.15, 0.2) is 36.6 Å². The lowest BCUT2D eigenvalue weighted by atomic mass is 9.80. The second-order valence-corrected chi connectivity index (χ2v) is 11.1. The largest absolute Gasteiger partial charge is 0.480 e. The van der Waals surface area contributed by atoms with Crippen molar-refractivity contribution in [2.75, 3.05) is 13.1 Å². The average Bonchev–Trinajstić information content (AvgIpc) is 3.31. The van der Waals surface area contributed by atoms with Crippen LogP contribution in [0.25, 0.3) is 5.57 Å². The number of hydrogen-bond acceptors (Lipinski definition) is 3. The molecule has 1 fully saturated rings. The van der Waals surface area contributed by atoms with Gasteiger partial charge in [0.15, 0.2) is 5.82 Å². The number of nitrogens with one attached hydrogen (secondary N) is 1. The van der Waals surface area contributed by atoms with Crippen molar-refractivity contribution in [2.24, 2.45) is 5.41 Å². The maximum atomic E-state index is 14.4. The van der Waals surface area contributed by atoms with Gasteiger partial charge in [0.25, 0.3) is 0 Å². The highest BCUT2D eigenvalue weighted by molar-refractivity contribution is 6.35. The van der Waals surface area contributed by atoms with E-state index in [1.54, 1.807) is 6.07 Å². The van der Waals surface area contributed by atoms with Crippen molar-refractivity contribution in [3.63, 3.8) is 0 Å². The molecule has 0 aromatic heterocycles. The van der Waals surface area contributed by atoms with E-state index in [1.807, 2.05) is 12.1 Å². The van der Waals surface area contributed by atoms with Gasteiger partial charge in [0.1, 0.15) is 5.60 Å². The fraction of sp³-hybridized carbons (Fsp3) is 0.440. The Bertz CT molecular complexity index is 1180. The van der Waals surface area contributed by atoms with E-state index >= 15 is 0 Å². The van der Waals surface area contributed by atoms with E-state index in [1.165, 1.54) is 0 Å². The first-order valence-corrected chi connectivity index (χ1v) is 11.6. The van der Waals surface area contributed by atoms with E-state index in [2.05, 4.69) is 26.1 Å². The van der Waals surface area contributed by atoms with Crippen LogP contribution >= 0.6 is 23.2 Å². The normalized spacial score (nSPS) is 25.7. The van der Waals surface area contributed by atoms with Crippen LogP contribution in [0.5, 0.6) is 0 Å². The van der Waals surface area contributed by atoms with Gasteiger partial charge < -0.3 is 14.8 Å². The van der Waals surface area contributed by atoms with Gasteiger partial charge in [-0.15, -0.1) is 0 Å². The molecule has 34 heavy (non-hydrogen) atoms. The zero-order chi connectivity index (χ0) is 24.7. The standard InChI is InChI=1S/C25H23Cl2F4NO2/c1-22(2,3)21-16-6-13(4-5-17(16)23(34-21)11-32-12-23)14-9-24(33-10-14,25(29,30)31)15-7-18(26)20(28)19(27)8-15/h4-8,10,21,32H,9,11-12H2,1-3H3. The van der Waals surface area contributed by atoms with Crippen LogP contribution in [0, 0.1) is 11.2 Å². The Hall–Kier alpha value is -1.80. The molecule has 3 aliphatic rings. The molecule has 2 unspecified atom stereocenters. The third-order valence-electron chi connectivity index (χ3n) is 6.90. The molecule has 9 heteroatoms. The number of alkyl halides is 3. The Morgan fingerprint density at radius 3 is 2.21 bits per heavy atom. The molecule has 2 atom stereocenters. The van der Waals surface area contributed by atoms with Gasteiger partial charge in [0.2, 0.25) is 5.60 Å². The molecule has 1 N–H and O–H groups in total. The van der Waals surface area contributed by atoms with Crippen LogP contribution in [0.2, 0.25) is 10.0 Å². The fourth-order valence-electron chi connectivity index (χ4n) is 5.00. The summed E-state index contributed by atoms with van der Waals surface area (Å²) in [5, 5.41) is 2.27. The Labute approximate surface area is 205 Å². The predicted molar refractivity (Wildman–Crippen MR) is 122 cm³/mol. The zero-order valence-electron chi connectivity index (χ0n) is 18.7. The van der Waals surface area contributed by atoms with Gasteiger partial charge in [0.05, 0.1) is 22.4 Å². The number of rotatable bonds is 2. The summed E-state index contributed by atoms with van der Waals surface area (Å²) in [4.78, 5) is 0. The Morgan fingerprint density at radius 2 is 1.68 bits per heavy atom. The highest BCUT2D eigenvalue weighted by Crippen LogP contribution is 2.55. The van der Waals surface area contributed by atoms with Gasteiger partial charge in [-0.1, -0.05) is 56.1 Å². The molecule has 182 valence electrons. The summed E-state index contributed by atoms with van der Waals surface area (Å²) in [6.45, 7) is 7.62. The Kier molecular flexibility index (Phi) is 5.34. The molecule has 1 saturated heterocycles. The quantitative estimate of drug-likeness (QED) is 0.337. The molecule has 1 spiro atoms. The van der Waals surface area contributed by atoms with E-state index in [0.717, 1.165) is 29.5 Å². The summed E-state index contributed by atoms with van der Waals surface area (Å²) in [7, 11) is 0. The Morgan fingerprint density at radius 1 is 1.03 bits per heavy atom. The number of ether oxygens (including phenoxy) is 2. The minimum atomic E-state index is -4.80. The third-order valence-corrected chi connectivity index (χ3v) is 7.45. The molecule has 3 heterocycles. The molecule has 5 rings (SSSR count). The summed E-state index contributed by atoms with van der Waals surface area (Å²) < 4.78 is 68.9. The molecule has 3 aliphatic heterocycles. The molecule has 0 amide bonds. The number of benzene rings is 2. The van der Waals surface area contributed by atoms with Gasteiger partial charge in [-0.3, -0.25) is 0 Å². The van der Waals surface area contributed by atoms with Crippen LogP contribution in [-0.2, 0) is 20.7 Å². The van der Waals surface area contributed by atoms with Gasteiger partial charge in [-0.05, 0) is 45.9 Å². The second kappa shape index (κ2) is 7.60. The van der Waals surface area contributed by atoms with Crippen molar-refractivity contribution >= 4 is 28.8 Å². The summed E-state index contributed by atoms with van der Waals surface area (Å²) in [5.74, 6) is -0.971. The SMILES string of the molecule is CC(C)(C)C1OC2(CNC2)c2ccc(C3=COC(c4cc(Cl)c(F)c(Cl)c4)(C(F)(F)F)C3)cc21. The molecule has 3 nitrogen and oxygen atoms in total. The van der Waals surface area contributed by atoms with E-state index in [9.17, 15) is 17.6 Å². The molecule has 0 saturated carbocycles. The smallest absolute Gasteiger partial charge is 0.432 e. The monoisotopic (exact) mass is 515 g/mol. The summed E-state index contributed by atoms with van der Waals surface area (Å²) in [6.07, 6.45) is -4.37. The van der Waals surface area contributed by atoms with E-state index in [4.69, 9.17) is 32.7 Å². The lowest BCUT2D eigenvalue weighted by molar-refractivity contribution is -0.260. The molecule has 2 aromatic carbocycles. The van der Waals surface area contributed by atoms with Crippen LogP contribution in [0.1, 0.15) is 55.5 Å². The van der Waals surface area contributed by atoms with E-state index < -0.39 is 39.7 Å². The van der Waals surface area contributed by atoms with Gasteiger partial charge in [0, 0.05) is 25.1 Å². The topological polar surface area (TPSA) is 30.5 Å². The lowest BCUT2D eigenvalue weighted by Crippen LogP contribution is -2.57. The maximum Gasteiger partial charge on any atom is 0.432 e. The first kappa shape index (κ1) is 23.9. The minimum Gasteiger partial charge on any atom is -0.480 e. The zero-order valence-corrected chi connectivity index (χ0v) is 20.3. The third kappa shape index (κ3) is 3.47. The first-order valence-electron chi connectivity index (χ1n) is 10.9. The van der Waals surface area contributed by atoms with Crippen molar-refractivity contribution < 1.29 is 27.0 Å². The minimum absolute atomic E-state index is 0.199. The summed E-state index contributed by atoms with van der Waals surface area (Å²) >= 11 is 11.6. The van der Waals surface area contributed by atoms with Crippen molar-refractivity contribution in [3.8, 4) is 0 Å². The van der Waals surface area contributed by atoms with Crippen molar-refractivity contribution in [3.05, 3.63) is 74.7 Å². The van der Waals surface area contributed by atoms with E-state index in [-0.39, 0.29) is 17.1 Å². The van der Waals surface area contributed by atoms with Gasteiger partial charge in [-0.2, -0.15) is 13.2 Å². The number of fused-ring (bicyclic) bond motifs is 2. The number of hydrogen-bond donors (Lipinski definition) is 1. The maximum absolute atomic E-state index is 14.4. The van der Waals surface area contributed by atoms with E-state index in [0.29, 0.717) is 24.2 Å². The van der Waals surface area contributed by atoms with Crippen molar-refractivity contribution in [2.45, 2.75) is 50.7 Å². The van der Waals surface area contributed by atoms with Crippen LogP contribution in [0.4, 0.5) is 17.6 Å². The molecule has 0 aliphatic carbocycles. The first-order chi connectivity index (χ1) is 15.8. The van der Waals surface area contributed by atoms with Crippen LogP contribution in [-0.4, -0.2) is 19.3 Å². The summed E-state index contributed by atoms with van der Waals surface area (Å²) in [6, 6.07) is 7.50. The van der Waals surface area contributed by atoms with Crippen molar-refractivity contribution in [1.82, 2.24) is 5.32 Å². The second-order valence-electron chi connectivity index (χ2n) is 10.3. The molecule has 2 aromatic rings. The number of halogens is 6. The van der Waals surface area contributed by atoms with Crippen LogP contribution in [0.3, 0.4) is 0 Å². The predicted octanol–water partition coefficient (Wildman–Crippen LogP) is 7.27. The summed E-state index contributed by atoms with van der Waals surface area (Å²) in [5.41, 5.74) is -0.642. The average molecular weight is 516 g/mol. The molecule has 0 bridgehead atoms. The van der Waals surface area contributed by atoms with Gasteiger partial charge >= 0.3 is 6.18 Å². The van der Waals surface area contributed by atoms with Crippen molar-refractivity contribution in [1.29, 1.82) is 0 Å². The highest BCUT2D eigenvalue weighted by Gasteiger charge is 2.61.